The van der Waals surface area contributed by atoms with E-state index in [0.717, 1.165) is 30.1 Å². The summed E-state index contributed by atoms with van der Waals surface area (Å²) >= 11 is 1.76. The first kappa shape index (κ1) is 14.2. The predicted molar refractivity (Wildman–Crippen MR) is 80.3 cm³/mol. The Kier molecular flexibility index (Phi) is 4.71. The van der Waals surface area contributed by atoms with Crippen LogP contribution >= 0.6 is 11.3 Å². The van der Waals surface area contributed by atoms with Crippen molar-refractivity contribution in [1.29, 1.82) is 0 Å². The van der Waals surface area contributed by atoms with Crippen molar-refractivity contribution in [1.82, 2.24) is 20.1 Å². The van der Waals surface area contributed by atoms with Gasteiger partial charge in [0, 0.05) is 30.7 Å². The van der Waals surface area contributed by atoms with Crippen molar-refractivity contribution >= 4 is 11.3 Å². The van der Waals surface area contributed by atoms with Crippen LogP contribution in [-0.4, -0.2) is 20.8 Å². The third kappa shape index (κ3) is 3.64. The second-order valence-electron chi connectivity index (χ2n) is 5.05. The molecule has 2 aromatic heterocycles. The van der Waals surface area contributed by atoms with Crippen LogP contribution in [0.15, 0.2) is 12.3 Å². The Balaban J connectivity index is 2.23. The van der Waals surface area contributed by atoms with E-state index in [1.54, 1.807) is 11.3 Å². The van der Waals surface area contributed by atoms with E-state index in [4.69, 9.17) is 4.98 Å². The van der Waals surface area contributed by atoms with E-state index in [2.05, 4.69) is 31.2 Å². The molecule has 0 amide bonds. The lowest BCUT2D eigenvalue weighted by Gasteiger charge is -2.07. The van der Waals surface area contributed by atoms with E-state index < -0.39 is 0 Å². The second kappa shape index (κ2) is 6.30. The van der Waals surface area contributed by atoms with Gasteiger partial charge in [0.05, 0.1) is 5.69 Å². The smallest absolute Gasteiger partial charge is 0.144 e. The third-order valence-electron chi connectivity index (χ3n) is 2.87. The molecule has 0 bridgehead atoms. The van der Waals surface area contributed by atoms with Gasteiger partial charge in [0.2, 0.25) is 0 Å². The third-order valence-corrected chi connectivity index (χ3v) is 3.99. The molecule has 0 aromatic carbocycles. The lowest BCUT2D eigenvalue weighted by atomic mass is 10.2. The fourth-order valence-electron chi connectivity index (χ4n) is 1.89. The number of hydrogen-bond acceptors (Lipinski definition) is 4. The number of aryl methyl sites for hydroxylation is 2. The van der Waals surface area contributed by atoms with Crippen LogP contribution in [0.5, 0.6) is 0 Å². The van der Waals surface area contributed by atoms with Crippen molar-refractivity contribution in [3.8, 4) is 10.7 Å². The van der Waals surface area contributed by atoms with Crippen molar-refractivity contribution in [2.75, 3.05) is 0 Å². The molecule has 0 aliphatic rings. The highest BCUT2D eigenvalue weighted by Crippen LogP contribution is 2.27. The summed E-state index contributed by atoms with van der Waals surface area (Å²) in [5.74, 6) is 0. The minimum Gasteiger partial charge on any atom is -0.310 e. The first-order valence-corrected chi connectivity index (χ1v) is 7.63. The molecule has 5 heteroatoms. The van der Waals surface area contributed by atoms with E-state index in [1.807, 2.05) is 24.0 Å². The summed E-state index contributed by atoms with van der Waals surface area (Å²) in [6, 6.07) is 2.52. The van der Waals surface area contributed by atoms with Gasteiger partial charge in [-0.2, -0.15) is 5.10 Å². The second-order valence-corrected chi connectivity index (χ2v) is 6.13. The lowest BCUT2D eigenvalue weighted by molar-refractivity contribution is 0.589. The van der Waals surface area contributed by atoms with Crippen LogP contribution in [0, 0.1) is 0 Å². The number of rotatable bonds is 6. The average molecular weight is 278 g/mol. The van der Waals surface area contributed by atoms with Gasteiger partial charge in [-0.05, 0) is 12.5 Å². The normalized spacial score (nSPS) is 11.4. The molecule has 4 nitrogen and oxygen atoms in total. The van der Waals surface area contributed by atoms with Crippen LogP contribution in [0.4, 0.5) is 0 Å². The molecular formula is C14H22N4S. The van der Waals surface area contributed by atoms with Crippen LogP contribution in [0.25, 0.3) is 10.7 Å². The first-order valence-electron chi connectivity index (χ1n) is 6.82. The van der Waals surface area contributed by atoms with Crippen LogP contribution < -0.4 is 5.32 Å². The summed E-state index contributed by atoms with van der Waals surface area (Å²) in [4.78, 5) is 6.11. The van der Waals surface area contributed by atoms with Crippen molar-refractivity contribution in [2.24, 2.45) is 7.05 Å². The molecule has 2 aromatic rings. The molecule has 1 N–H and O–H groups in total. The molecule has 0 aliphatic carbocycles. The summed E-state index contributed by atoms with van der Waals surface area (Å²) in [5, 5.41) is 8.94. The highest BCUT2D eigenvalue weighted by atomic mass is 32.1. The zero-order valence-corrected chi connectivity index (χ0v) is 12.9. The van der Waals surface area contributed by atoms with Crippen molar-refractivity contribution in [3.05, 3.63) is 22.8 Å². The maximum absolute atomic E-state index is 4.76. The van der Waals surface area contributed by atoms with Gasteiger partial charge >= 0.3 is 0 Å². The topological polar surface area (TPSA) is 42.7 Å². The van der Waals surface area contributed by atoms with E-state index in [-0.39, 0.29) is 0 Å². The molecule has 19 heavy (non-hydrogen) atoms. The highest BCUT2D eigenvalue weighted by molar-refractivity contribution is 7.15. The van der Waals surface area contributed by atoms with E-state index in [1.165, 1.54) is 10.6 Å². The van der Waals surface area contributed by atoms with Crippen LogP contribution in [0.2, 0.25) is 0 Å². The number of thiazole rings is 1. The quantitative estimate of drug-likeness (QED) is 0.883. The van der Waals surface area contributed by atoms with Crippen LogP contribution in [0.1, 0.15) is 37.8 Å². The summed E-state index contributed by atoms with van der Waals surface area (Å²) in [6.07, 6.45) is 4.13. The maximum atomic E-state index is 4.76. The number of nitrogens with zero attached hydrogens (tertiary/aromatic N) is 3. The largest absolute Gasteiger partial charge is 0.310 e. The molecule has 0 unspecified atom stereocenters. The van der Waals surface area contributed by atoms with Crippen molar-refractivity contribution in [2.45, 2.75) is 46.2 Å². The molecule has 0 radical (unpaired) electrons. The Morgan fingerprint density at radius 1 is 1.42 bits per heavy atom. The molecule has 0 saturated heterocycles. The van der Waals surface area contributed by atoms with Crippen LogP contribution in [0.3, 0.4) is 0 Å². The standard InChI is InChI=1S/C14H22N4S/c1-5-6-11-13(9-15-10(2)3)19-14(16-11)12-7-8-18(4)17-12/h7-8,10,15H,5-6,9H2,1-4H3. The SMILES string of the molecule is CCCc1nc(-c2ccn(C)n2)sc1CNC(C)C. The number of hydrogen-bond donors (Lipinski definition) is 1. The highest BCUT2D eigenvalue weighted by Gasteiger charge is 2.13. The molecule has 2 heterocycles. The Labute approximate surface area is 118 Å². The summed E-state index contributed by atoms with van der Waals surface area (Å²) in [5.41, 5.74) is 2.20. The molecule has 0 spiro atoms. The lowest BCUT2D eigenvalue weighted by Crippen LogP contribution is -2.21. The Hall–Kier alpha value is -1.20. The zero-order chi connectivity index (χ0) is 13.8. The summed E-state index contributed by atoms with van der Waals surface area (Å²) in [6.45, 7) is 7.43. The van der Waals surface area contributed by atoms with Crippen molar-refractivity contribution in [3.63, 3.8) is 0 Å². The monoisotopic (exact) mass is 278 g/mol. The Morgan fingerprint density at radius 3 is 2.79 bits per heavy atom. The first-order chi connectivity index (χ1) is 9.10. The van der Waals surface area contributed by atoms with Gasteiger partial charge < -0.3 is 5.32 Å². The van der Waals surface area contributed by atoms with Gasteiger partial charge in [0.25, 0.3) is 0 Å². The van der Waals surface area contributed by atoms with E-state index in [0.29, 0.717) is 6.04 Å². The summed E-state index contributed by atoms with van der Waals surface area (Å²) < 4.78 is 1.82. The molecule has 0 aliphatic heterocycles. The fraction of sp³-hybridized carbons (Fsp3) is 0.571. The van der Waals surface area contributed by atoms with Gasteiger partial charge in [-0.15, -0.1) is 11.3 Å². The molecule has 2 rings (SSSR count). The van der Waals surface area contributed by atoms with Gasteiger partial charge in [0.15, 0.2) is 0 Å². The number of nitrogens with one attached hydrogen (secondary N) is 1. The van der Waals surface area contributed by atoms with Crippen molar-refractivity contribution < 1.29 is 0 Å². The molecule has 104 valence electrons. The van der Waals surface area contributed by atoms with E-state index in [9.17, 15) is 0 Å². The molecule has 0 fully saturated rings. The van der Waals surface area contributed by atoms with Gasteiger partial charge in [-0.25, -0.2) is 4.98 Å². The summed E-state index contributed by atoms with van der Waals surface area (Å²) in [7, 11) is 1.94. The van der Waals surface area contributed by atoms with Gasteiger partial charge in [-0.1, -0.05) is 27.2 Å². The minimum absolute atomic E-state index is 0.495. The molecule has 0 atom stereocenters. The van der Waals surface area contributed by atoms with Crippen LogP contribution in [-0.2, 0) is 20.0 Å². The maximum Gasteiger partial charge on any atom is 0.144 e. The number of aromatic nitrogens is 3. The van der Waals surface area contributed by atoms with E-state index >= 15 is 0 Å². The minimum atomic E-state index is 0.495. The average Bonchev–Trinajstić information content (AvgIpc) is 2.94. The predicted octanol–water partition coefficient (Wildman–Crippen LogP) is 2.99. The zero-order valence-electron chi connectivity index (χ0n) is 12.1. The molecule has 0 saturated carbocycles. The van der Waals surface area contributed by atoms with Gasteiger partial charge in [0.1, 0.15) is 10.7 Å². The molecular weight excluding hydrogens is 256 g/mol. The van der Waals surface area contributed by atoms with Gasteiger partial charge in [-0.3, -0.25) is 4.68 Å². The fourth-order valence-corrected chi connectivity index (χ4v) is 2.91. The Morgan fingerprint density at radius 2 is 2.21 bits per heavy atom. The Bertz CT molecular complexity index is 527.